The Hall–Kier alpha value is -1.51. The van der Waals surface area contributed by atoms with E-state index in [1.807, 2.05) is 6.92 Å². The fourth-order valence-electron chi connectivity index (χ4n) is 3.45. The molecule has 2 aliphatic rings. The lowest BCUT2D eigenvalue weighted by atomic mass is 9.94. The Kier molecular flexibility index (Phi) is 5.64. The standard InChI is InChI=1S/C18H25FN2O4S/c1-2-15-4-6-16(7-5-15)26(23,24)21-9-3-8-18(19,14-21)17(22)20-10-12-25-13-11-20/h4-7H,2-3,8-14H2,1H3. The Morgan fingerprint density at radius 3 is 2.46 bits per heavy atom. The number of amides is 1. The molecule has 6 nitrogen and oxygen atoms in total. The summed E-state index contributed by atoms with van der Waals surface area (Å²) >= 11 is 0. The van der Waals surface area contributed by atoms with Crippen molar-refractivity contribution in [1.82, 2.24) is 9.21 Å². The van der Waals surface area contributed by atoms with Crippen LogP contribution in [0.5, 0.6) is 0 Å². The zero-order valence-corrected chi connectivity index (χ0v) is 15.8. The third-order valence-electron chi connectivity index (χ3n) is 5.06. The molecule has 8 heteroatoms. The quantitative estimate of drug-likeness (QED) is 0.791. The number of hydrogen-bond donors (Lipinski definition) is 0. The maximum Gasteiger partial charge on any atom is 0.261 e. The van der Waals surface area contributed by atoms with Crippen LogP contribution in [0.15, 0.2) is 29.2 Å². The highest BCUT2D eigenvalue weighted by atomic mass is 32.2. The molecule has 0 radical (unpaired) electrons. The van der Waals surface area contributed by atoms with E-state index in [1.165, 1.54) is 4.90 Å². The number of nitrogens with zero attached hydrogens (tertiary/aromatic N) is 2. The lowest BCUT2D eigenvalue weighted by Gasteiger charge is -2.39. The molecule has 2 saturated heterocycles. The zero-order chi connectivity index (χ0) is 18.8. The minimum Gasteiger partial charge on any atom is -0.378 e. The van der Waals surface area contributed by atoms with Gasteiger partial charge in [0.25, 0.3) is 5.91 Å². The van der Waals surface area contributed by atoms with Crippen molar-refractivity contribution < 1.29 is 22.3 Å². The minimum atomic E-state index is -3.82. The number of carbonyl (C=O) groups excluding carboxylic acids is 1. The fraction of sp³-hybridized carbons (Fsp3) is 0.611. The largest absolute Gasteiger partial charge is 0.378 e. The molecule has 1 unspecified atom stereocenters. The highest BCUT2D eigenvalue weighted by Gasteiger charge is 2.48. The van der Waals surface area contributed by atoms with Gasteiger partial charge in [-0.3, -0.25) is 4.79 Å². The van der Waals surface area contributed by atoms with Gasteiger partial charge in [-0.05, 0) is 37.0 Å². The predicted molar refractivity (Wildman–Crippen MR) is 95.1 cm³/mol. The van der Waals surface area contributed by atoms with E-state index in [0.717, 1.165) is 16.3 Å². The van der Waals surface area contributed by atoms with Crippen LogP contribution in [0.3, 0.4) is 0 Å². The first-order valence-corrected chi connectivity index (χ1v) is 10.5. The summed E-state index contributed by atoms with van der Waals surface area (Å²) in [5, 5.41) is 0. The fourth-order valence-corrected chi connectivity index (χ4v) is 4.97. The first kappa shape index (κ1) is 19.3. The van der Waals surface area contributed by atoms with Gasteiger partial charge in [0.2, 0.25) is 15.7 Å². The van der Waals surface area contributed by atoms with Gasteiger partial charge in [0.1, 0.15) is 0 Å². The van der Waals surface area contributed by atoms with Crippen LogP contribution in [0.25, 0.3) is 0 Å². The predicted octanol–water partition coefficient (Wildman–Crippen LogP) is 1.60. The monoisotopic (exact) mass is 384 g/mol. The van der Waals surface area contributed by atoms with Crippen LogP contribution in [-0.4, -0.2) is 68.6 Å². The Bertz CT molecular complexity index is 747. The number of ether oxygens (including phenoxy) is 1. The average molecular weight is 384 g/mol. The smallest absolute Gasteiger partial charge is 0.261 e. The van der Waals surface area contributed by atoms with Crippen LogP contribution in [0.2, 0.25) is 0 Å². The number of hydrogen-bond acceptors (Lipinski definition) is 4. The minimum absolute atomic E-state index is 0.0456. The highest BCUT2D eigenvalue weighted by Crippen LogP contribution is 2.31. The third kappa shape index (κ3) is 3.77. The Morgan fingerprint density at radius 2 is 1.85 bits per heavy atom. The summed E-state index contributed by atoms with van der Waals surface area (Å²) in [5.41, 5.74) is -1.14. The van der Waals surface area contributed by atoms with Gasteiger partial charge in [-0.1, -0.05) is 19.1 Å². The van der Waals surface area contributed by atoms with Crippen LogP contribution < -0.4 is 0 Å². The summed E-state index contributed by atoms with van der Waals surface area (Å²) in [4.78, 5) is 14.2. The lowest BCUT2D eigenvalue weighted by Crippen LogP contribution is -2.58. The molecule has 0 aliphatic carbocycles. The van der Waals surface area contributed by atoms with Crippen LogP contribution in [0.1, 0.15) is 25.3 Å². The first-order chi connectivity index (χ1) is 12.4. The van der Waals surface area contributed by atoms with Crippen molar-refractivity contribution in [1.29, 1.82) is 0 Å². The zero-order valence-electron chi connectivity index (χ0n) is 15.0. The van der Waals surface area contributed by atoms with E-state index in [-0.39, 0.29) is 17.9 Å². The molecule has 2 aliphatic heterocycles. The van der Waals surface area contributed by atoms with Gasteiger partial charge >= 0.3 is 0 Å². The van der Waals surface area contributed by atoms with Crippen molar-refractivity contribution in [3.05, 3.63) is 29.8 Å². The molecule has 0 spiro atoms. The van der Waals surface area contributed by atoms with Crippen LogP contribution in [0.4, 0.5) is 4.39 Å². The number of sulfonamides is 1. The van der Waals surface area contributed by atoms with Crippen LogP contribution in [0, 0.1) is 0 Å². The molecule has 144 valence electrons. The Balaban J connectivity index is 1.78. The van der Waals surface area contributed by atoms with Crippen molar-refractivity contribution in [2.45, 2.75) is 36.8 Å². The number of rotatable bonds is 4. The number of carbonyl (C=O) groups is 1. The van der Waals surface area contributed by atoms with Gasteiger partial charge < -0.3 is 9.64 Å². The summed E-state index contributed by atoms with van der Waals surface area (Å²) in [5.74, 6) is -0.623. The van der Waals surface area contributed by atoms with Crippen LogP contribution >= 0.6 is 0 Å². The van der Waals surface area contributed by atoms with E-state index in [0.29, 0.717) is 32.7 Å². The summed E-state index contributed by atoms with van der Waals surface area (Å²) < 4.78 is 47.5. The molecule has 1 amide bonds. The molecule has 1 aromatic rings. The molecular weight excluding hydrogens is 359 g/mol. The molecular formula is C18H25FN2O4S. The second kappa shape index (κ2) is 7.62. The molecule has 2 heterocycles. The number of morpholine rings is 1. The number of piperidine rings is 1. The first-order valence-electron chi connectivity index (χ1n) is 9.02. The Labute approximate surface area is 154 Å². The van der Waals surface area contributed by atoms with E-state index in [1.54, 1.807) is 24.3 Å². The lowest BCUT2D eigenvalue weighted by molar-refractivity contribution is -0.150. The van der Waals surface area contributed by atoms with Gasteiger partial charge in [-0.25, -0.2) is 12.8 Å². The van der Waals surface area contributed by atoms with E-state index < -0.39 is 28.1 Å². The molecule has 0 N–H and O–H groups in total. The Morgan fingerprint density at radius 1 is 1.19 bits per heavy atom. The second-order valence-corrected chi connectivity index (χ2v) is 8.75. The van der Waals surface area contributed by atoms with Gasteiger partial charge in [-0.15, -0.1) is 0 Å². The molecule has 26 heavy (non-hydrogen) atoms. The van der Waals surface area contributed by atoms with Gasteiger partial charge in [0, 0.05) is 19.6 Å². The maximum absolute atomic E-state index is 15.4. The topological polar surface area (TPSA) is 66.9 Å². The number of alkyl halides is 1. The normalized spacial score (nSPS) is 25.2. The number of benzene rings is 1. The van der Waals surface area contributed by atoms with E-state index in [4.69, 9.17) is 4.74 Å². The van der Waals surface area contributed by atoms with Gasteiger partial charge in [0.05, 0.1) is 24.7 Å². The number of halogens is 1. The molecule has 0 bridgehead atoms. The second-order valence-electron chi connectivity index (χ2n) is 6.81. The number of aryl methyl sites for hydroxylation is 1. The SMILES string of the molecule is CCc1ccc(S(=O)(=O)N2CCCC(F)(C(=O)N3CCOCC3)C2)cc1. The van der Waals surface area contributed by atoms with E-state index in [2.05, 4.69) is 0 Å². The van der Waals surface area contributed by atoms with Gasteiger partial charge in [0.15, 0.2) is 0 Å². The highest BCUT2D eigenvalue weighted by molar-refractivity contribution is 7.89. The average Bonchev–Trinajstić information content (AvgIpc) is 2.68. The summed E-state index contributed by atoms with van der Waals surface area (Å²) in [7, 11) is -3.82. The molecule has 0 aromatic heterocycles. The summed E-state index contributed by atoms with van der Waals surface area (Å²) in [6.07, 6.45) is 1.18. The molecule has 1 aromatic carbocycles. The van der Waals surface area contributed by atoms with Crippen molar-refractivity contribution in [2.75, 3.05) is 39.4 Å². The van der Waals surface area contributed by atoms with Crippen molar-refractivity contribution in [2.24, 2.45) is 0 Å². The van der Waals surface area contributed by atoms with Crippen molar-refractivity contribution in [3.8, 4) is 0 Å². The third-order valence-corrected chi connectivity index (χ3v) is 6.92. The maximum atomic E-state index is 15.4. The van der Waals surface area contributed by atoms with E-state index in [9.17, 15) is 13.2 Å². The molecule has 0 saturated carbocycles. The molecule has 1 atom stereocenters. The summed E-state index contributed by atoms with van der Waals surface area (Å²) in [6.45, 7) is 3.23. The van der Waals surface area contributed by atoms with Crippen molar-refractivity contribution in [3.63, 3.8) is 0 Å². The van der Waals surface area contributed by atoms with Crippen molar-refractivity contribution >= 4 is 15.9 Å². The van der Waals surface area contributed by atoms with Crippen LogP contribution in [-0.2, 0) is 26.0 Å². The van der Waals surface area contributed by atoms with E-state index >= 15 is 4.39 Å². The molecule has 2 fully saturated rings. The van der Waals surface area contributed by atoms with Gasteiger partial charge in [-0.2, -0.15) is 4.31 Å². The molecule has 3 rings (SSSR count). The summed E-state index contributed by atoms with van der Waals surface area (Å²) in [6, 6.07) is 6.62.